The summed E-state index contributed by atoms with van der Waals surface area (Å²) in [6, 6.07) is 3.84. The summed E-state index contributed by atoms with van der Waals surface area (Å²) in [7, 11) is 1.43. The molecule has 106 valence electrons. The van der Waals surface area contributed by atoms with Crippen LogP contribution in [0.1, 0.15) is 23.8 Å². The summed E-state index contributed by atoms with van der Waals surface area (Å²) in [6.45, 7) is 0.773. The van der Waals surface area contributed by atoms with Crippen LogP contribution in [0.4, 0.5) is 0 Å². The molecule has 3 heterocycles. The van der Waals surface area contributed by atoms with Gasteiger partial charge in [0.2, 0.25) is 0 Å². The molecular formula is C14H17N3O3. The van der Waals surface area contributed by atoms with Crippen molar-refractivity contribution in [1.82, 2.24) is 14.8 Å². The fourth-order valence-electron chi connectivity index (χ4n) is 2.63. The first-order valence-electron chi connectivity index (χ1n) is 6.79. The molecule has 0 radical (unpaired) electrons. The van der Waals surface area contributed by atoms with E-state index in [0.717, 1.165) is 43.2 Å². The van der Waals surface area contributed by atoms with Crippen molar-refractivity contribution in [2.75, 3.05) is 7.11 Å². The molecule has 0 bridgehead atoms. The van der Waals surface area contributed by atoms with Crippen LogP contribution in [0.5, 0.6) is 0 Å². The van der Waals surface area contributed by atoms with Crippen molar-refractivity contribution in [1.29, 1.82) is 0 Å². The molecule has 0 N–H and O–H groups in total. The van der Waals surface area contributed by atoms with Crippen molar-refractivity contribution in [3.63, 3.8) is 0 Å². The van der Waals surface area contributed by atoms with Crippen molar-refractivity contribution in [2.45, 2.75) is 32.2 Å². The third-order valence-corrected chi connectivity index (χ3v) is 3.74. The van der Waals surface area contributed by atoms with E-state index in [4.69, 9.17) is 9.15 Å². The normalized spacial score (nSPS) is 17.8. The Morgan fingerprint density at radius 3 is 3.15 bits per heavy atom. The predicted octanol–water partition coefficient (Wildman–Crippen LogP) is 1.39. The van der Waals surface area contributed by atoms with Crippen LogP contribution in [0.3, 0.4) is 0 Å². The monoisotopic (exact) mass is 275 g/mol. The van der Waals surface area contributed by atoms with Gasteiger partial charge in [-0.2, -0.15) is 0 Å². The van der Waals surface area contributed by atoms with Crippen molar-refractivity contribution < 1.29 is 13.9 Å². The van der Waals surface area contributed by atoms with E-state index in [2.05, 4.69) is 14.8 Å². The predicted molar refractivity (Wildman–Crippen MR) is 70.0 cm³/mol. The number of nitrogens with zero attached hydrogens (tertiary/aromatic N) is 3. The lowest BCUT2D eigenvalue weighted by atomic mass is 9.98. The maximum atomic E-state index is 11.6. The van der Waals surface area contributed by atoms with E-state index in [1.807, 2.05) is 12.1 Å². The molecule has 0 aromatic carbocycles. The molecule has 20 heavy (non-hydrogen) atoms. The van der Waals surface area contributed by atoms with E-state index >= 15 is 0 Å². The van der Waals surface area contributed by atoms with E-state index in [-0.39, 0.29) is 11.9 Å². The van der Waals surface area contributed by atoms with Gasteiger partial charge in [0, 0.05) is 25.8 Å². The Morgan fingerprint density at radius 1 is 1.50 bits per heavy atom. The van der Waals surface area contributed by atoms with E-state index < -0.39 is 0 Å². The maximum absolute atomic E-state index is 11.6. The van der Waals surface area contributed by atoms with Gasteiger partial charge in [0.1, 0.15) is 17.4 Å². The van der Waals surface area contributed by atoms with Crippen molar-refractivity contribution in [2.24, 2.45) is 5.92 Å². The van der Waals surface area contributed by atoms with Crippen LogP contribution in [-0.2, 0) is 35.3 Å². The Hall–Kier alpha value is -2.11. The number of carbonyl (C=O) groups excluding carboxylic acids is 1. The molecule has 1 aliphatic rings. The van der Waals surface area contributed by atoms with Gasteiger partial charge in [0.05, 0.1) is 19.3 Å². The quantitative estimate of drug-likeness (QED) is 0.789. The molecule has 1 unspecified atom stereocenters. The SMILES string of the molecule is COC(=O)C1CCn2c(CCc3ccco3)nnc2C1. The third kappa shape index (κ3) is 2.45. The van der Waals surface area contributed by atoms with Gasteiger partial charge in [-0.3, -0.25) is 4.79 Å². The molecule has 0 saturated heterocycles. The molecule has 2 aromatic heterocycles. The van der Waals surface area contributed by atoms with Gasteiger partial charge in [-0.15, -0.1) is 10.2 Å². The lowest BCUT2D eigenvalue weighted by Gasteiger charge is -2.21. The minimum absolute atomic E-state index is 0.0883. The van der Waals surface area contributed by atoms with Gasteiger partial charge in [-0.05, 0) is 18.6 Å². The van der Waals surface area contributed by atoms with E-state index in [1.54, 1.807) is 6.26 Å². The molecule has 0 saturated carbocycles. The number of esters is 1. The number of hydrogen-bond acceptors (Lipinski definition) is 5. The molecule has 0 fully saturated rings. The van der Waals surface area contributed by atoms with Gasteiger partial charge in [0.25, 0.3) is 0 Å². The summed E-state index contributed by atoms with van der Waals surface area (Å²) >= 11 is 0. The number of methoxy groups -OCH3 is 1. The Kier molecular flexibility index (Phi) is 3.54. The maximum Gasteiger partial charge on any atom is 0.309 e. The summed E-state index contributed by atoms with van der Waals surface area (Å²) in [4.78, 5) is 11.6. The summed E-state index contributed by atoms with van der Waals surface area (Å²) in [5.41, 5.74) is 0. The third-order valence-electron chi connectivity index (χ3n) is 3.74. The van der Waals surface area contributed by atoms with Gasteiger partial charge in [-0.25, -0.2) is 0 Å². The van der Waals surface area contributed by atoms with Gasteiger partial charge >= 0.3 is 5.97 Å². The molecule has 0 spiro atoms. The van der Waals surface area contributed by atoms with E-state index in [1.165, 1.54) is 7.11 Å². The van der Waals surface area contributed by atoms with Crippen LogP contribution in [-0.4, -0.2) is 27.8 Å². The highest BCUT2D eigenvalue weighted by molar-refractivity contribution is 5.72. The lowest BCUT2D eigenvalue weighted by Crippen LogP contribution is -2.27. The summed E-state index contributed by atoms with van der Waals surface area (Å²) in [6.07, 6.45) is 4.68. The van der Waals surface area contributed by atoms with Crippen molar-refractivity contribution in [3.05, 3.63) is 35.8 Å². The second-order valence-electron chi connectivity index (χ2n) is 4.98. The van der Waals surface area contributed by atoms with E-state index in [9.17, 15) is 4.79 Å². The van der Waals surface area contributed by atoms with Crippen LogP contribution in [0.25, 0.3) is 0 Å². The lowest BCUT2D eigenvalue weighted by molar-refractivity contribution is -0.146. The molecule has 6 nitrogen and oxygen atoms in total. The highest BCUT2D eigenvalue weighted by Crippen LogP contribution is 2.22. The molecule has 0 amide bonds. The van der Waals surface area contributed by atoms with Gasteiger partial charge in [0.15, 0.2) is 0 Å². The molecule has 0 aliphatic carbocycles. The summed E-state index contributed by atoms with van der Waals surface area (Å²) in [5.74, 6) is 2.54. The number of furan rings is 1. The minimum atomic E-state index is -0.156. The summed E-state index contributed by atoms with van der Waals surface area (Å²) < 4.78 is 12.2. The van der Waals surface area contributed by atoms with Crippen LogP contribution >= 0.6 is 0 Å². The number of fused-ring (bicyclic) bond motifs is 1. The number of carbonyl (C=O) groups is 1. The Morgan fingerprint density at radius 2 is 2.40 bits per heavy atom. The highest BCUT2D eigenvalue weighted by Gasteiger charge is 2.28. The van der Waals surface area contributed by atoms with Gasteiger partial charge < -0.3 is 13.7 Å². The second kappa shape index (κ2) is 5.48. The molecule has 1 atom stereocenters. The zero-order valence-corrected chi connectivity index (χ0v) is 11.4. The number of rotatable bonds is 4. The van der Waals surface area contributed by atoms with Crippen LogP contribution in [0.15, 0.2) is 22.8 Å². The molecular weight excluding hydrogens is 258 g/mol. The average Bonchev–Trinajstić information content (AvgIpc) is 3.13. The number of hydrogen-bond donors (Lipinski definition) is 0. The first kappa shape index (κ1) is 12.9. The average molecular weight is 275 g/mol. The molecule has 6 heteroatoms. The smallest absolute Gasteiger partial charge is 0.309 e. The first-order chi connectivity index (χ1) is 9.78. The second-order valence-corrected chi connectivity index (χ2v) is 4.98. The fourth-order valence-corrected chi connectivity index (χ4v) is 2.63. The van der Waals surface area contributed by atoms with Crippen LogP contribution in [0.2, 0.25) is 0 Å². The van der Waals surface area contributed by atoms with Crippen LogP contribution in [0, 0.1) is 5.92 Å². The fraction of sp³-hybridized carbons (Fsp3) is 0.500. The standard InChI is InChI=1S/C14H17N3O3/c1-19-14(18)10-6-7-17-12(15-16-13(17)9-10)5-4-11-3-2-8-20-11/h2-3,8,10H,4-7,9H2,1H3. The van der Waals surface area contributed by atoms with Crippen molar-refractivity contribution >= 4 is 5.97 Å². The largest absolute Gasteiger partial charge is 0.469 e. The number of aryl methyl sites for hydroxylation is 2. The highest BCUT2D eigenvalue weighted by atomic mass is 16.5. The zero-order chi connectivity index (χ0) is 13.9. The Bertz CT molecular complexity index is 589. The topological polar surface area (TPSA) is 70.2 Å². The zero-order valence-electron chi connectivity index (χ0n) is 11.4. The molecule has 3 rings (SSSR count). The first-order valence-corrected chi connectivity index (χ1v) is 6.79. The van der Waals surface area contributed by atoms with Crippen molar-refractivity contribution in [3.8, 4) is 0 Å². The summed E-state index contributed by atoms with van der Waals surface area (Å²) in [5, 5.41) is 8.43. The van der Waals surface area contributed by atoms with Crippen LogP contribution < -0.4 is 0 Å². The minimum Gasteiger partial charge on any atom is -0.469 e. The molecule has 2 aromatic rings. The number of ether oxygens (including phenoxy) is 1. The molecule has 1 aliphatic heterocycles. The van der Waals surface area contributed by atoms with E-state index in [0.29, 0.717) is 6.42 Å². The number of aromatic nitrogens is 3. The Labute approximate surface area is 116 Å². The van der Waals surface area contributed by atoms with Gasteiger partial charge in [-0.1, -0.05) is 0 Å². The Balaban J connectivity index is 1.68.